The van der Waals surface area contributed by atoms with E-state index in [2.05, 4.69) is 4.98 Å². The number of esters is 1. The van der Waals surface area contributed by atoms with Gasteiger partial charge in [-0.25, -0.2) is 4.79 Å². The molecule has 0 unspecified atom stereocenters. The van der Waals surface area contributed by atoms with E-state index in [1.165, 1.54) is 17.0 Å². The molecule has 0 bridgehead atoms. The lowest BCUT2D eigenvalue weighted by Gasteiger charge is -2.25. The first-order valence-corrected chi connectivity index (χ1v) is 7.84. The minimum atomic E-state index is -0.633. The topological polar surface area (TPSA) is 112 Å². The first-order chi connectivity index (χ1) is 12.5. The third kappa shape index (κ3) is 3.46. The number of amides is 1. The van der Waals surface area contributed by atoms with E-state index in [4.69, 9.17) is 9.47 Å². The maximum Gasteiger partial charge on any atom is 0.366 e. The molecular formula is C17H15N3O6. The summed E-state index contributed by atoms with van der Waals surface area (Å²) in [5.41, 5.74) is 1.13. The Morgan fingerprint density at radius 1 is 1.31 bits per heavy atom. The lowest BCUT2D eigenvalue weighted by molar-refractivity contribution is -0.389. The molecule has 0 aliphatic carbocycles. The van der Waals surface area contributed by atoms with Gasteiger partial charge in [0.05, 0.1) is 18.7 Å². The van der Waals surface area contributed by atoms with Crippen molar-refractivity contribution in [1.82, 2.24) is 4.98 Å². The predicted molar refractivity (Wildman–Crippen MR) is 90.0 cm³/mol. The van der Waals surface area contributed by atoms with Gasteiger partial charge in [0.2, 0.25) is 0 Å². The molecule has 0 radical (unpaired) electrons. The fourth-order valence-corrected chi connectivity index (χ4v) is 2.48. The molecule has 0 saturated heterocycles. The molecule has 134 valence electrons. The van der Waals surface area contributed by atoms with Gasteiger partial charge in [0.15, 0.2) is 12.4 Å². The Balaban J connectivity index is 1.86. The SMILES string of the molecule is CCOC(=O)c1ccc(CN2C(=O)COc3ccc([N+](=O)[O-])nc32)cc1. The first-order valence-electron chi connectivity index (χ1n) is 7.84. The van der Waals surface area contributed by atoms with Gasteiger partial charge < -0.3 is 19.6 Å². The van der Waals surface area contributed by atoms with Gasteiger partial charge in [-0.05, 0) is 40.6 Å². The van der Waals surface area contributed by atoms with Crippen LogP contribution in [0.25, 0.3) is 0 Å². The highest BCUT2D eigenvalue weighted by Gasteiger charge is 2.32. The van der Waals surface area contributed by atoms with E-state index in [0.29, 0.717) is 11.3 Å². The molecule has 1 aliphatic heterocycles. The number of carbonyl (C=O) groups excluding carboxylic acids is 2. The Kier molecular flexibility index (Phi) is 4.78. The normalized spacial score (nSPS) is 13.0. The fourth-order valence-electron chi connectivity index (χ4n) is 2.48. The molecular weight excluding hydrogens is 342 g/mol. The molecule has 2 aromatic rings. The number of fused-ring (bicyclic) bond motifs is 1. The summed E-state index contributed by atoms with van der Waals surface area (Å²) in [6.07, 6.45) is 0. The summed E-state index contributed by atoms with van der Waals surface area (Å²) in [7, 11) is 0. The largest absolute Gasteiger partial charge is 0.477 e. The minimum absolute atomic E-state index is 0.102. The predicted octanol–water partition coefficient (Wildman–Crippen LogP) is 2.09. The number of anilines is 1. The molecule has 2 heterocycles. The van der Waals surface area contributed by atoms with Crippen LogP contribution >= 0.6 is 0 Å². The zero-order valence-corrected chi connectivity index (χ0v) is 13.9. The number of aromatic nitrogens is 1. The van der Waals surface area contributed by atoms with E-state index >= 15 is 0 Å². The van der Waals surface area contributed by atoms with E-state index in [0.717, 1.165) is 5.56 Å². The fraction of sp³-hybridized carbons (Fsp3) is 0.235. The summed E-state index contributed by atoms with van der Waals surface area (Å²) >= 11 is 0. The number of hydrogen-bond acceptors (Lipinski definition) is 7. The summed E-state index contributed by atoms with van der Waals surface area (Å²) in [5, 5.41) is 10.9. The van der Waals surface area contributed by atoms with Gasteiger partial charge in [0.25, 0.3) is 11.7 Å². The van der Waals surface area contributed by atoms with E-state index in [9.17, 15) is 19.7 Å². The standard InChI is InChI=1S/C17H15N3O6/c1-2-25-17(22)12-5-3-11(4-6-12)9-19-15(21)10-26-13-7-8-14(20(23)24)18-16(13)19/h3-8H,2,9-10H2,1H3. The van der Waals surface area contributed by atoms with Crippen LogP contribution < -0.4 is 9.64 Å². The van der Waals surface area contributed by atoms with Crippen molar-refractivity contribution in [2.45, 2.75) is 13.5 Å². The summed E-state index contributed by atoms with van der Waals surface area (Å²) < 4.78 is 10.2. The van der Waals surface area contributed by atoms with Crippen LogP contribution in [0.2, 0.25) is 0 Å². The maximum atomic E-state index is 12.2. The van der Waals surface area contributed by atoms with Crippen molar-refractivity contribution < 1.29 is 24.0 Å². The highest BCUT2D eigenvalue weighted by atomic mass is 16.6. The van der Waals surface area contributed by atoms with Crippen LogP contribution in [-0.4, -0.2) is 35.0 Å². The number of nitrogens with zero attached hydrogens (tertiary/aromatic N) is 3. The lowest BCUT2D eigenvalue weighted by Crippen LogP contribution is -2.39. The maximum absolute atomic E-state index is 12.2. The average molecular weight is 357 g/mol. The molecule has 0 atom stereocenters. The highest BCUT2D eigenvalue weighted by Crippen LogP contribution is 2.33. The summed E-state index contributed by atoms with van der Waals surface area (Å²) in [5.74, 6) is -0.753. The first kappa shape index (κ1) is 17.3. The molecule has 26 heavy (non-hydrogen) atoms. The summed E-state index contributed by atoms with van der Waals surface area (Å²) in [4.78, 5) is 39.5. The van der Waals surface area contributed by atoms with Gasteiger partial charge in [0, 0.05) is 6.07 Å². The molecule has 0 spiro atoms. The van der Waals surface area contributed by atoms with Gasteiger partial charge in [-0.15, -0.1) is 0 Å². The second-order valence-electron chi connectivity index (χ2n) is 5.43. The third-order valence-electron chi connectivity index (χ3n) is 3.73. The van der Waals surface area contributed by atoms with Crippen molar-refractivity contribution >= 4 is 23.5 Å². The summed E-state index contributed by atoms with van der Waals surface area (Å²) in [6, 6.07) is 9.21. The van der Waals surface area contributed by atoms with E-state index in [-0.39, 0.29) is 37.3 Å². The molecule has 1 amide bonds. The smallest absolute Gasteiger partial charge is 0.366 e. The number of nitro groups is 1. The third-order valence-corrected chi connectivity index (χ3v) is 3.73. The van der Waals surface area contributed by atoms with Gasteiger partial charge in [-0.3, -0.25) is 9.69 Å². The van der Waals surface area contributed by atoms with Crippen molar-refractivity contribution in [2.24, 2.45) is 0 Å². The molecule has 1 aliphatic rings. The Bertz CT molecular complexity index is 865. The van der Waals surface area contributed by atoms with Crippen molar-refractivity contribution in [3.8, 4) is 5.75 Å². The number of carbonyl (C=O) groups is 2. The molecule has 1 aromatic heterocycles. The zero-order chi connectivity index (χ0) is 18.7. The molecule has 0 saturated carbocycles. The van der Waals surface area contributed by atoms with Gasteiger partial charge in [0.1, 0.15) is 0 Å². The second kappa shape index (κ2) is 7.18. The van der Waals surface area contributed by atoms with Crippen molar-refractivity contribution in [3.63, 3.8) is 0 Å². The Morgan fingerprint density at radius 2 is 2.04 bits per heavy atom. The van der Waals surface area contributed by atoms with Crippen LogP contribution in [0, 0.1) is 10.1 Å². The molecule has 3 rings (SSSR count). The molecule has 0 N–H and O–H groups in total. The van der Waals surface area contributed by atoms with Crippen molar-refractivity contribution in [2.75, 3.05) is 18.1 Å². The van der Waals surface area contributed by atoms with Crippen LogP contribution in [0.15, 0.2) is 36.4 Å². The van der Waals surface area contributed by atoms with Crippen molar-refractivity contribution in [1.29, 1.82) is 0 Å². The Hall–Kier alpha value is -3.49. The number of hydrogen-bond donors (Lipinski definition) is 0. The van der Waals surface area contributed by atoms with Crippen LogP contribution in [0.3, 0.4) is 0 Å². The second-order valence-corrected chi connectivity index (χ2v) is 5.43. The highest BCUT2D eigenvalue weighted by molar-refractivity contribution is 5.96. The van der Waals surface area contributed by atoms with Gasteiger partial charge in [-0.1, -0.05) is 12.1 Å². The number of rotatable bonds is 5. The monoisotopic (exact) mass is 357 g/mol. The molecule has 9 heteroatoms. The Morgan fingerprint density at radius 3 is 2.69 bits per heavy atom. The number of ether oxygens (including phenoxy) is 2. The van der Waals surface area contributed by atoms with Crippen LogP contribution in [0.4, 0.5) is 11.6 Å². The Labute approximate surface area is 148 Å². The molecule has 9 nitrogen and oxygen atoms in total. The van der Waals surface area contributed by atoms with Crippen molar-refractivity contribution in [3.05, 3.63) is 57.6 Å². The van der Waals surface area contributed by atoms with Crippen LogP contribution in [0.1, 0.15) is 22.8 Å². The number of pyridine rings is 1. The van der Waals surface area contributed by atoms with Gasteiger partial charge >= 0.3 is 11.8 Å². The molecule has 0 fully saturated rings. The van der Waals surface area contributed by atoms with Crippen LogP contribution in [0.5, 0.6) is 5.75 Å². The van der Waals surface area contributed by atoms with E-state index in [1.807, 2.05) is 0 Å². The zero-order valence-electron chi connectivity index (χ0n) is 13.9. The minimum Gasteiger partial charge on any atom is -0.477 e. The van der Waals surface area contributed by atoms with E-state index in [1.54, 1.807) is 31.2 Å². The van der Waals surface area contributed by atoms with Gasteiger partial charge in [-0.2, -0.15) is 0 Å². The van der Waals surface area contributed by atoms with E-state index < -0.39 is 10.9 Å². The summed E-state index contributed by atoms with van der Waals surface area (Å²) in [6.45, 7) is 1.98. The molecule has 1 aromatic carbocycles. The van der Waals surface area contributed by atoms with Crippen LogP contribution in [-0.2, 0) is 16.1 Å². The quantitative estimate of drug-likeness (QED) is 0.457. The average Bonchev–Trinajstić information content (AvgIpc) is 2.64. The lowest BCUT2D eigenvalue weighted by atomic mass is 10.1. The number of benzene rings is 1.